The Labute approximate surface area is 123 Å². The van der Waals surface area contributed by atoms with Crippen LogP contribution >= 0.6 is 0 Å². The zero-order valence-electron chi connectivity index (χ0n) is 11.8. The molecule has 0 N–H and O–H groups in total. The van der Waals surface area contributed by atoms with Crippen molar-refractivity contribution in [1.82, 2.24) is 0 Å². The van der Waals surface area contributed by atoms with Crippen LogP contribution in [-0.2, 0) is 4.74 Å². The maximum absolute atomic E-state index is 11.8. The van der Waals surface area contributed by atoms with E-state index in [1.807, 2.05) is 55.5 Å². The number of hydrogen-bond acceptors (Lipinski definition) is 3. The molecular weight excluding hydrogens is 264 g/mol. The van der Waals surface area contributed by atoms with E-state index >= 15 is 0 Å². The average molecular weight is 280 g/mol. The molecule has 0 unspecified atom stereocenters. The van der Waals surface area contributed by atoms with Crippen LogP contribution in [0.1, 0.15) is 13.3 Å². The third-order valence-corrected chi connectivity index (χ3v) is 3.33. The van der Waals surface area contributed by atoms with Crippen molar-refractivity contribution in [2.45, 2.75) is 13.3 Å². The van der Waals surface area contributed by atoms with E-state index in [4.69, 9.17) is 9.47 Å². The second kappa shape index (κ2) is 5.83. The molecule has 0 aliphatic carbocycles. The molecule has 3 aromatic rings. The highest BCUT2D eigenvalue weighted by atomic mass is 16.7. The summed E-state index contributed by atoms with van der Waals surface area (Å²) in [6.07, 6.45) is 0.115. The minimum atomic E-state index is -0.654. The van der Waals surface area contributed by atoms with E-state index in [0.717, 1.165) is 28.0 Å². The fraction of sp³-hybridized carbons (Fsp3) is 0.167. The Kier molecular flexibility index (Phi) is 3.73. The third-order valence-electron chi connectivity index (χ3n) is 3.33. The Morgan fingerprint density at radius 3 is 2.10 bits per heavy atom. The first kappa shape index (κ1) is 13.4. The molecule has 0 aliphatic heterocycles. The molecule has 3 rings (SSSR count). The van der Waals surface area contributed by atoms with Crippen LogP contribution in [-0.4, -0.2) is 12.8 Å². The van der Waals surface area contributed by atoms with Crippen molar-refractivity contribution in [1.29, 1.82) is 0 Å². The van der Waals surface area contributed by atoms with E-state index < -0.39 is 6.16 Å². The molecule has 3 nitrogen and oxygen atoms in total. The van der Waals surface area contributed by atoms with Crippen LogP contribution in [0.2, 0.25) is 0 Å². The topological polar surface area (TPSA) is 35.5 Å². The lowest BCUT2D eigenvalue weighted by Gasteiger charge is -2.11. The van der Waals surface area contributed by atoms with Gasteiger partial charge >= 0.3 is 6.16 Å². The van der Waals surface area contributed by atoms with Gasteiger partial charge in [-0.25, -0.2) is 4.79 Å². The van der Waals surface area contributed by atoms with Crippen molar-refractivity contribution in [3.05, 3.63) is 54.6 Å². The predicted octanol–water partition coefficient (Wildman–Crippen LogP) is 4.92. The van der Waals surface area contributed by atoms with Crippen LogP contribution in [0.3, 0.4) is 0 Å². The standard InChI is InChI=1S/C18H16O3/c1-2-11-20-18(19)21-17-15-9-5-3-7-13(15)12-14-8-4-6-10-16(14)17/h3-10,12H,2,11H2,1H3. The van der Waals surface area contributed by atoms with Crippen LogP contribution in [0.4, 0.5) is 4.79 Å². The number of benzene rings is 3. The van der Waals surface area contributed by atoms with Crippen molar-refractivity contribution in [2.24, 2.45) is 0 Å². The van der Waals surface area contributed by atoms with Gasteiger partial charge in [0.05, 0.1) is 6.61 Å². The summed E-state index contributed by atoms with van der Waals surface area (Å²) < 4.78 is 10.5. The van der Waals surface area contributed by atoms with Crippen LogP contribution in [0.15, 0.2) is 54.6 Å². The molecule has 0 spiro atoms. The Balaban J connectivity index is 2.13. The minimum Gasteiger partial charge on any atom is -0.434 e. The third kappa shape index (κ3) is 2.68. The van der Waals surface area contributed by atoms with E-state index in [0.29, 0.717) is 12.4 Å². The minimum absolute atomic E-state index is 0.363. The van der Waals surface area contributed by atoms with Crippen molar-refractivity contribution < 1.29 is 14.3 Å². The number of fused-ring (bicyclic) bond motifs is 2. The molecule has 0 heterocycles. The predicted molar refractivity (Wildman–Crippen MR) is 83.7 cm³/mol. The first-order valence-electron chi connectivity index (χ1n) is 7.04. The van der Waals surface area contributed by atoms with Gasteiger partial charge in [-0.05, 0) is 23.3 Å². The summed E-state index contributed by atoms with van der Waals surface area (Å²) in [5.74, 6) is 0.560. The Morgan fingerprint density at radius 1 is 0.952 bits per heavy atom. The van der Waals surface area contributed by atoms with Crippen molar-refractivity contribution >= 4 is 27.7 Å². The zero-order chi connectivity index (χ0) is 14.7. The summed E-state index contributed by atoms with van der Waals surface area (Å²) in [6.45, 7) is 2.31. The highest BCUT2D eigenvalue weighted by molar-refractivity contribution is 6.06. The lowest BCUT2D eigenvalue weighted by Crippen LogP contribution is -2.11. The van der Waals surface area contributed by atoms with Gasteiger partial charge in [0.1, 0.15) is 5.75 Å². The molecule has 3 aromatic carbocycles. The largest absolute Gasteiger partial charge is 0.513 e. The Hall–Kier alpha value is -2.55. The molecule has 0 aromatic heterocycles. The highest BCUT2D eigenvalue weighted by Gasteiger charge is 2.13. The van der Waals surface area contributed by atoms with E-state index in [1.165, 1.54) is 0 Å². The Bertz CT molecular complexity index is 739. The molecule has 0 aliphatic rings. The van der Waals surface area contributed by atoms with Crippen molar-refractivity contribution in [2.75, 3.05) is 6.61 Å². The first-order chi connectivity index (χ1) is 10.3. The smallest absolute Gasteiger partial charge is 0.434 e. The summed E-state index contributed by atoms with van der Waals surface area (Å²) in [5.41, 5.74) is 0. The van der Waals surface area contributed by atoms with Crippen LogP contribution in [0.25, 0.3) is 21.5 Å². The van der Waals surface area contributed by atoms with Gasteiger partial charge in [-0.3, -0.25) is 0 Å². The highest BCUT2D eigenvalue weighted by Crippen LogP contribution is 2.34. The van der Waals surface area contributed by atoms with Gasteiger partial charge in [0.15, 0.2) is 0 Å². The zero-order valence-corrected chi connectivity index (χ0v) is 11.8. The van der Waals surface area contributed by atoms with Crippen LogP contribution in [0, 0.1) is 0 Å². The van der Waals surface area contributed by atoms with Gasteiger partial charge in [0, 0.05) is 10.8 Å². The van der Waals surface area contributed by atoms with Crippen LogP contribution < -0.4 is 4.74 Å². The van der Waals surface area contributed by atoms with Gasteiger partial charge < -0.3 is 9.47 Å². The molecule has 0 amide bonds. The Morgan fingerprint density at radius 2 is 1.52 bits per heavy atom. The van der Waals surface area contributed by atoms with Crippen molar-refractivity contribution in [3.8, 4) is 5.75 Å². The second-order valence-corrected chi connectivity index (χ2v) is 4.85. The molecule has 0 radical (unpaired) electrons. The second-order valence-electron chi connectivity index (χ2n) is 4.85. The lowest BCUT2D eigenvalue weighted by molar-refractivity contribution is 0.100. The summed E-state index contributed by atoms with van der Waals surface area (Å²) in [7, 11) is 0. The van der Waals surface area contributed by atoms with Gasteiger partial charge in [-0.1, -0.05) is 55.5 Å². The van der Waals surface area contributed by atoms with E-state index in [2.05, 4.69) is 6.07 Å². The number of rotatable bonds is 3. The maximum atomic E-state index is 11.8. The van der Waals surface area contributed by atoms with Gasteiger partial charge in [0.2, 0.25) is 0 Å². The molecular formula is C18H16O3. The fourth-order valence-corrected chi connectivity index (χ4v) is 2.38. The molecule has 3 heteroatoms. The average Bonchev–Trinajstić information content (AvgIpc) is 2.52. The van der Waals surface area contributed by atoms with E-state index in [1.54, 1.807) is 0 Å². The summed E-state index contributed by atoms with van der Waals surface area (Å²) in [4.78, 5) is 11.8. The molecule has 0 saturated carbocycles. The van der Waals surface area contributed by atoms with Crippen molar-refractivity contribution in [3.63, 3.8) is 0 Å². The molecule has 0 atom stereocenters. The maximum Gasteiger partial charge on any atom is 0.513 e. The molecule has 0 fully saturated rings. The van der Waals surface area contributed by atoms with Gasteiger partial charge in [0.25, 0.3) is 0 Å². The summed E-state index contributed by atoms with van der Waals surface area (Å²) in [5, 5.41) is 3.89. The number of hydrogen-bond donors (Lipinski definition) is 0. The number of carbonyl (C=O) groups is 1. The molecule has 21 heavy (non-hydrogen) atoms. The quantitative estimate of drug-likeness (QED) is 0.388. The molecule has 106 valence electrons. The van der Waals surface area contributed by atoms with Crippen LogP contribution in [0.5, 0.6) is 5.75 Å². The normalized spacial score (nSPS) is 10.7. The summed E-state index contributed by atoms with van der Waals surface area (Å²) in [6, 6.07) is 17.8. The van der Waals surface area contributed by atoms with Gasteiger partial charge in [-0.2, -0.15) is 0 Å². The van der Waals surface area contributed by atoms with Gasteiger partial charge in [-0.15, -0.1) is 0 Å². The SMILES string of the molecule is CCCOC(=O)Oc1c2ccccc2cc2ccccc12. The summed E-state index contributed by atoms with van der Waals surface area (Å²) >= 11 is 0. The first-order valence-corrected chi connectivity index (χ1v) is 7.04. The fourth-order valence-electron chi connectivity index (χ4n) is 2.38. The number of ether oxygens (including phenoxy) is 2. The lowest BCUT2D eigenvalue weighted by atomic mass is 10.0. The van der Waals surface area contributed by atoms with E-state index in [9.17, 15) is 4.79 Å². The number of carbonyl (C=O) groups excluding carboxylic acids is 1. The molecule has 0 bridgehead atoms. The van der Waals surface area contributed by atoms with E-state index in [-0.39, 0.29) is 0 Å². The monoisotopic (exact) mass is 280 g/mol. The molecule has 0 saturated heterocycles.